The summed E-state index contributed by atoms with van der Waals surface area (Å²) in [7, 11) is 1.85. The van der Waals surface area contributed by atoms with Gasteiger partial charge in [-0.15, -0.1) is 11.3 Å². The number of pyridine rings is 1. The Morgan fingerprint density at radius 1 is 1.07 bits per heavy atom. The van der Waals surface area contributed by atoms with E-state index in [1.165, 1.54) is 6.07 Å². The van der Waals surface area contributed by atoms with Crippen LogP contribution < -0.4 is 15.8 Å². The van der Waals surface area contributed by atoms with Crippen molar-refractivity contribution in [3.05, 3.63) is 96.0 Å². The number of rotatable bonds is 7. The van der Waals surface area contributed by atoms with Gasteiger partial charge in [-0.1, -0.05) is 18.2 Å². The topological polar surface area (TPSA) is 121 Å². The molecule has 0 fully saturated rings. The lowest BCUT2D eigenvalue weighted by Crippen LogP contribution is -2.12. The van der Waals surface area contributed by atoms with E-state index in [0.717, 1.165) is 37.4 Å². The first-order valence-electron chi connectivity index (χ1n) is 14.2. The van der Waals surface area contributed by atoms with Gasteiger partial charge in [0, 0.05) is 74.2 Å². The Hall–Kier alpha value is -5.42. The van der Waals surface area contributed by atoms with Crippen LogP contribution in [-0.2, 0) is 11.8 Å². The minimum absolute atomic E-state index is 0.000258. The van der Waals surface area contributed by atoms with Crippen molar-refractivity contribution in [2.75, 3.05) is 11.1 Å². The molecule has 0 bridgehead atoms. The van der Waals surface area contributed by atoms with Gasteiger partial charge in [-0.05, 0) is 74.7 Å². The van der Waals surface area contributed by atoms with Crippen LogP contribution in [0.2, 0.25) is 0 Å². The van der Waals surface area contributed by atoms with Crippen molar-refractivity contribution in [1.29, 1.82) is 0 Å². The highest BCUT2D eigenvalue weighted by Crippen LogP contribution is 2.50. The van der Waals surface area contributed by atoms with Crippen LogP contribution in [0.3, 0.4) is 0 Å². The van der Waals surface area contributed by atoms with Crippen molar-refractivity contribution in [3.63, 3.8) is 0 Å². The summed E-state index contributed by atoms with van der Waals surface area (Å²) >= 11 is 1.55. The van der Waals surface area contributed by atoms with E-state index in [9.17, 15) is 4.79 Å². The lowest BCUT2D eigenvalue weighted by molar-refractivity contribution is -0.112. The van der Waals surface area contributed by atoms with E-state index in [1.807, 2.05) is 45.3 Å². The molecule has 45 heavy (non-hydrogen) atoms. The van der Waals surface area contributed by atoms with E-state index in [-0.39, 0.29) is 17.7 Å². The Labute approximate surface area is 263 Å². The zero-order valence-corrected chi connectivity index (χ0v) is 26.2. The molecule has 11 heteroatoms. The lowest BCUT2D eigenvalue weighted by Gasteiger charge is -2.13. The fraction of sp³-hybridized carbons (Fsp3) is 0.147. The first kappa shape index (κ1) is 29.6. The molecule has 0 spiro atoms. The average molecular weight is 620 g/mol. The number of allylic oxidation sites excluding steroid dienone is 1. The summed E-state index contributed by atoms with van der Waals surface area (Å²) in [6.45, 7) is 7.37. The van der Waals surface area contributed by atoms with Crippen LogP contribution in [0.1, 0.15) is 25.1 Å². The number of aryl methyl sites for hydroxylation is 3. The standard InChI is InChI=1S/C34H30FN7O2S/c1-6-18(2)33(43)41-23-8-9-24(19(3)13-23)30-28(21-7-10-27(26(35)14-21)44-34-37-12-11-20(4)40-34)29-31(45-30)25(16-38-32(29)36)22-15-39-42(5)17-22/h6-17H,1-5H3,(H2,36,38)(H,41,43)/b18-6+. The molecule has 4 heterocycles. The minimum atomic E-state index is -0.577. The van der Waals surface area contributed by atoms with Crippen LogP contribution in [0.25, 0.3) is 42.8 Å². The number of benzene rings is 2. The third-order valence-corrected chi connectivity index (χ3v) is 8.73. The maximum Gasteiger partial charge on any atom is 0.322 e. The molecule has 0 atom stereocenters. The molecule has 4 aromatic heterocycles. The lowest BCUT2D eigenvalue weighted by atomic mass is 9.95. The highest BCUT2D eigenvalue weighted by Gasteiger charge is 2.24. The van der Waals surface area contributed by atoms with E-state index < -0.39 is 5.82 Å². The van der Waals surface area contributed by atoms with Gasteiger partial charge >= 0.3 is 6.01 Å². The number of aromatic nitrogens is 5. The number of nitrogens with two attached hydrogens (primary N) is 1. The first-order chi connectivity index (χ1) is 21.6. The highest BCUT2D eigenvalue weighted by atomic mass is 32.1. The first-order valence-corrected chi connectivity index (χ1v) is 15.0. The van der Waals surface area contributed by atoms with Crippen LogP contribution in [0.15, 0.2) is 78.9 Å². The Kier molecular flexibility index (Phi) is 7.86. The number of hydrogen-bond acceptors (Lipinski definition) is 8. The SMILES string of the molecule is C/C=C(\C)C(=O)Nc1ccc(-c2sc3c(-c4cnn(C)c4)cnc(N)c3c2-c2ccc(Oc3nccc(C)n3)c(F)c2)c(C)c1. The van der Waals surface area contributed by atoms with Gasteiger partial charge in [0.25, 0.3) is 5.91 Å². The molecule has 0 aliphatic carbocycles. The van der Waals surface area contributed by atoms with Crippen LogP contribution in [0.4, 0.5) is 15.9 Å². The van der Waals surface area contributed by atoms with Gasteiger partial charge < -0.3 is 15.8 Å². The van der Waals surface area contributed by atoms with E-state index in [4.69, 9.17) is 10.5 Å². The molecular weight excluding hydrogens is 589 g/mol. The highest BCUT2D eigenvalue weighted by molar-refractivity contribution is 7.23. The number of nitrogen functional groups attached to an aromatic ring is 1. The molecule has 0 saturated carbocycles. The number of thiophene rings is 1. The Bertz CT molecular complexity index is 2130. The van der Waals surface area contributed by atoms with Crippen molar-refractivity contribution in [1.82, 2.24) is 24.7 Å². The molecule has 0 unspecified atom stereocenters. The van der Waals surface area contributed by atoms with Gasteiger partial charge in [-0.2, -0.15) is 5.10 Å². The predicted octanol–water partition coefficient (Wildman–Crippen LogP) is 7.86. The smallest absolute Gasteiger partial charge is 0.322 e. The quantitative estimate of drug-likeness (QED) is 0.175. The second kappa shape index (κ2) is 11.9. The number of carbonyl (C=O) groups excluding carboxylic acids is 1. The summed E-state index contributed by atoms with van der Waals surface area (Å²) in [4.78, 5) is 26.2. The van der Waals surface area contributed by atoms with Gasteiger partial charge in [0.1, 0.15) is 5.82 Å². The fourth-order valence-electron chi connectivity index (χ4n) is 5.02. The van der Waals surface area contributed by atoms with Crippen LogP contribution in [0.5, 0.6) is 11.8 Å². The van der Waals surface area contributed by atoms with Crippen molar-refractivity contribution < 1.29 is 13.9 Å². The number of carbonyl (C=O) groups is 1. The summed E-state index contributed by atoms with van der Waals surface area (Å²) in [5.74, 6) is -0.416. The zero-order valence-electron chi connectivity index (χ0n) is 25.3. The van der Waals surface area contributed by atoms with Crippen molar-refractivity contribution >= 4 is 38.8 Å². The number of halogens is 1. The predicted molar refractivity (Wildman–Crippen MR) is 177 cm³/mol. The van der Waals surface area contributed by atoms with Gasteiger partial charge in [0.05, 0.1) is 6.20 Å². The summed E-state index contributed by atoms with van der Waals surface area (Å²) in [5.41, 5.74) is 13.5. The molecule has 2 aromatic carbocycles. The number of ether oxygens (including phenoxy) is 1. The summed E-state index contributed by atoms with van der Waals surface area (Å²) in [6.07, 6.45) is 8.76. The second-order valence-electron chi connectivity index (χ2n) is 10.7. The Morgan fingerprint density at radius 2 is 1.89 bits per heavy atom. The molecule has 9 nitrogen and oxygen atoms in total. The Balaban J connectivity index is 1.53. The second-order valence-corrected chi connectivity index (χ2v) is 11.7. The van der Waals surface area contributed by atoms with Crippen LogP contribution >= 0.6 is 11.3 Å². The summed E-state index contributed by atoms with van der Waals surface area (Å²) < 4.78 is 24.0. The van der Waals surface area contributed by atoms with Crippen LogP contribution in [-0.4, -0.2) is 30.6 Å². The third-order valence-electron chi connectivity index (χ3n) is 7.47. The summed E-state index contributed by atoms with van der Waals surface area (Å²) in [6, 6.07) is 12.3. The summed E-state index contributed by atoms with van der Waals surface area (Å²) in [5, 5.41) is 8.01. The molecule has 0 radical (unpaired) electrons. The number of nitrogens with zero attached hydrogens (tertiary/aromatic N) is 5. The van der Waals surface area contributed by atoms with Crippen LogP contribution in [0, 0.1) is 19.7 Å². The molecule has 6 aromatic rings. The molecule has 6 rings (SSSR count). The van der Waals surface area contributed by atoms with E-state index in [2.05, 4.69) is 25.4 Å². The Morgan fingerprint density at radius 3 is 2.58 bits per heavy atom. The molecule has 3 N–H and O–H groups in total. The maximum absolute atomic E-state index is 15.7. The monoisotopic (exact) mass is 619 g/mol. The molecule has 0 aliphatic heterocycles. The van der Waals surface area contributed by atoms with Crippen molar-refractivity contribution in [2.24, 2.45) is 7.05 Å². The van der Waals surface area contributed by atoms with Crippen molar-refractivity contribution in [2.45, 2.75) is 27.7 Å². The average Bonchev–Trinajstić information content (AvgIpc) is 3.62. The maximum atomic E-state index is 15.7. The molecule has 226 valence electrons. The number of nitrogens with one attached hydrogen (secondary N) is 1. The van der Waals surface area contributed by atoms with Gasteiger partial charge in [0.15, 0.2) is 11.6 Å². The van der Waals surface area contributed by atoms with E-state index >= 15 is 4.39 Å². The molecular formula is C34H30FN7O2S. The third kappa shape index (κ3) is 5.77. The minimum Gasteiger partial charge on any atom is -0.421 e. The van der Waals surface area contributed by atoms with E-state index in [0.29, 0.717) is 33.7 Å². The molecule has 0 aliphatic rings. The normalized spacial score (nSPS) is 11.6. The zero-order chi connectivity index (χ0) is 31.8. The molecule has 0 saturated heterocycles. The largest absolute Gasteiger partial charge is 0.421 e. The number of fused-ring (bicyclic) bond motifs is 1. The van der Waals surface area contributed by atoms with Crippen molar-refractivity contribution in [3.8, 4) is 44.5 Å². The number of amides is 1. The number of hydrogen-bond donors (Lipinski definition) is 2. The van der Waals surface area contributed by atoms with Gasteiger partial charge in [-0.25, -0.2) is 19.3 Å². The molecule has 1 amide bonds. The fourth-order valence-corrected chi connectivity index (χ4v) is 6.48. The van der Waals surface area contributed by atoms with E-state index in [1.54, 1.807) is 72.7 Å². The number of anilines is 2. The van der Waals surface area contributed by atoms with Gasteiger partial charge in [0.2, 0.25) is 0 Å². The van der Waals surface area contributed by atoms with Gasteiger partial charge in [-0.3, -0.25) is 9.48 Å².